The van der Waals surface area contributed by atoms with Gasteiger partial charge in [-0.2, -0.15) is 0 Å². The number of rotatable bonds is 5. The Bertz CT molecular complexity index is 339. The zero-order valence-electron chi connectivity index (χ0n) is 9.48. The molecule has 1 aromatic carbocycles. The highest BCUT2D eigenvalue weighted by atomic mass is 19.1. The summed E-state index contributed by atoms with van der Waals surface area (Å²) < 4.78 is 18.3. The van der Waals surface area contributed by atoms with Crippen LogP contribution in [0.15, 0.2) is 18.2 Å². The number of hydrogen-bond donors (Lipinski definition) is 2. The van der Waals surface area contributed by atoms with Crippen LogP contribution in [0.25, 0.3) is 0 Å². The van der Waals surface area contributed by atoms with Gasteiger partial charge in [0.1, 0.15) is 18.2 Å². The van der Waals surface area contributed by atoms with Gasteiger partial charge in [0.05, 0.1) is 12.2 Å². The Morgan fingerprint density at radius 3 is 2.62 bits per heavy atom. The Kier molecular flexibility index (Phi) is 4.71. The van der Waals surface area contributed by atoms with Crippen LogP contribution in [0.2, 0.25) is 0 Å². The van der Waals surface area contributed by atoms with Crippen LogP contribution in [0.4, 0.5) is 4.39 Å². The van der Waals surface area contributed by atoms with Crippen LogP contribution >= 0.6 is 0 Å². The second-order valence-electron chi connectivity index (χ2n) is 3.73. The Balaban J connectivity index is 2.80. The third kappa shape index (κ3) is 3.47. The normalized spacial score (nSPS) is 14.6. The van der Waals surface area contributed by atoms with Gasteiger partial charge in [0.2, 0.25) is 0 Å². The van der Waals surface area contributed by atoms with Gasteiger partial charge in [-0.1, -0.05) is 6.92 Å². The monoisotopic (exact) mass is 228 g/mol. The van der Waals surface area contributed by atoms with Crippen LogP contribution < -0.4 is 4.74 Å². The van der Waals surface area contributed by atoms with Crippen molar-refractivity contribution in [2.24, 2.45) is 0 Å². The summed E-state index contributed by atoms with van der Waals surface area (Å²) in [6.45, 7) is 3.51. The van der Waals surface area contributed by atoms with Crippen molar-refractivity contribution in [2.45, 2.75) is 32.5 Å². The van der Waals surface area contributed by atoms with E-state index in [4.69, 9.17) is 4.74 Å². The fourth-order valence-corrected chi connectivity index (χ4v) is 1.28. The third-order valence-electron chi connectivity index (χ3n) is 2.33. The molecule has 0 spiro atoms. The molecule has 1 unspecified atom stereocenters. The third-order valence-corrected chi connectivity index (χ3v) is 2.33. The van der Waals surface area contributed by atoms with Crippen molar-refractivity contribution in [3.05, 3.63) is 29.6 Å². The smallest absolute Gasteiger partial charge is 0.128 e. The van der Waals surface area contributed by atoms with Gasteiger partial charge in [0.25, 0.3) is 0 Å². The predicted molar refractivity (Wildman–Crippen MR) is 58.8 cm³/mol. The molecule has 1 aromatic rings. The second-order valence-corrected chi connectivity index (χ2v) is 3.73. The number of halogens is 1. The molecule has 0 bridgehead atoms. The Hall–Kier alpha value is -1.13. The molecule has 3 nitrogen and oxygen atoms in total. The molecular weight excluding hydrogens is 211 g/mol. The number of ether oxygens (including phenoxy) is 1. The summed E-state index contributed by atoms with van der Waals surface area (Å²) in [6, 6.07) is 3.96. The lowest BCUT2D eigenvalue weighted by Gasteiger charge is -2.15. The Morgan fingerprint density at radius 1 is 1.38 bits per heavy atom. The summed E-state index contributed by atoms with van der Waals surface area (Å²) in [4.78, 5) is 0. The van der Waals surface area contributed by atoms with Crippen molar-refractivity contribution in [1.82, 2.24) is 0 Å². The van der Waals surface area contributed by atoms with Crippen LogP contribution in [0.5, 0.6) is 5.75 Å². The van der Waals surface area contributed by atoms with Crippen molar-refractivity contribution in [2.75, 3.05) is 6.61 Å². The van der Waals surface area contributed by atoms with Crippen molar-refractivity contribution in [3.63, 3.8) is 0 Å². The van der Waals surface area contributed by atoms with E-state index in [1.807, 2.05) is 6.92 Å². The summed E-state index contributed by atoms with van der Waals surface area (Å²) in [5, 5.41) is 18.8. The molecule has 2 N–H and O–H groups in total. The first kappa shape index (κ1) is 12.9. The number of aliphatic hydroxyl groups excluding tert-OH is 2. The molecule has 0 radical (unpaired) electrons. The molecule has 90 valence electrons. The summed E-state index contributed by atoms with van der Waals surface area (Å²) in [6.07, 6.45) is -0.737. The van der Waals surface area contributed by atoms with E-state index in [1.54, 1.807) is 6.92 Å². The van der Waals surface area contributed by atoms with Gasteiger partial charge in [0.15, 0.2) is 0 Å². The fourth-order valence-electron chi connectivity index (χ4n) is 1.28. The molecule has 0 amide bonds. The molecule has 16 heavy (non-hydrogen) atoms. The van der Waals surface area contributed by atoms with E-state index in [2.05, 4.69) is 0 Å². The van der Waals surface area contributed by atoms with E-state index >= 15 is 0 Å². The molecule has 0 aromatic heterocycles. The van der Waals surface area contributed by atoms with Gasteiger partial charge in [-0.3, -0.25) is 0 Å². The number of aliphatic hydroxyl groups is 2. The molecule has 0 saturated heterocycles. The fraction of sp³-hybridized carbons (Fsp3) is 0.500. The minimum atomic E-state index is -0.727. The molecular formula is C12H17FO3. The lowest BCUT2D eigenvalue weighted by molar-refractivity contribution is 0.101. The Morgan fingerprint density at radius 2 is 2.06 bits per heavy atom. The maximum atomic E-state index is 13.0. The molecule has 0 aliphatic rings. The lowest BCUT2D eigenvalue weighted by atomic mass is 10.1. The average Bonchev–Trinajstić information content (AvgIpc) is 2.25. The minimum absolute atomic E-state index is 0.0969. The average molecular weight is 228 g/mol. The van der Waals surface area contributed by atoms with E-state index < -0.39 is 18.0 Å². The molecule has 0 aliphatic carbocycles. The zero-order valence-corrected chi connectivity index (χ0v) is 9.48. The zero-order chi connectivity index (χ0) is 12.1. The predicted octanol–water partition coefficient (Wildman–Crippen LogP) is 2.03. The van der Waals surface area contributed by atoms with Crippen LogP contribution in [0, 0.1) is 5.82 Å². The minimum Gasteiger partial charge on any atom is -0.490 e. The summed E-state index contributed by atoms with van der Waals surface area (Å²) in [7, 11) is 0. The van der Waals surface area contributed by atoms with Gasteiger partial charge in [-0.05, 0) is 25.5 Å². The first-order chi connectivity index (χ1) is 7.54. The van der Waals surface area contributed by atoms with Gasteiger partial charge in [-0.25, -0.2) is 4.39 Å². The van der Waals surface area contributed by atoms with Crippen LogP contribution in [0.1, 0.15) is 31.9 Å². The molecule has 0 fully saturated rings. The van der Waals surface area contributed by atoms with Crippen molar-refractivity contribution < 1.29 is 19.3 Å². The molecule has 2 atom stereocenters. The van der Waals surface area contributed by atoms with E-state index in [1.165, 1.54) is 18.2 Å². The summed E-state index contributed by atoms with van der Waals surface area (Å²) in [5.41, 5.74) is 0.518. The van der Waals surface area contributed by atoms with Gasteiger partial charge in [-0.15, -0.1) is 0 Å². The molecule has 1 rings (SSSR count). The molecule has 0 heterocycles. The quantitative estimate of drug-likeness (QED) is 0.810. The van der Waals surface area contributed by atoms with Crippen LogP contribution in [0.3, 0.4) is 0 Å². The molecule has 0 aliphatic heterocycles. The molecule has 4 heteroatoms. The van der Waals surface area contributed by atoms with Crippen molar-refractivity contribution in [3.8, 4) is 5.75 Å². The van der Waals surface area contributed by atoms with Crippen molar-refractivity contribution >= 4 is 0 Å². The van der Waals surface area contributed by atoms with E-state index in [0.717, 1.165) is 0 Å². The van der Waals surface area contributed by atoms with Gasteiger partial charge < -0.3 is 14.9 Å². The number of hydrogen-bond acceptors (Lipinski definition) is 3. The summed E-state index contributed by atoms with van der Waals surface area (Å²) in [5.74, 6) is -0.145. The highest BCUT2D eigenvalue weighted by Crippen LogP contribution is 2.26. The maximum Gasteiger partial charge on any atom is 0.128 e. The van der Waals surface area contributed by atoms with Gasteiger partial charge in [0, 0.05) is 11.6 Å². The van der Waals surface area contributed by atoms with E-state index in [9.17, 15) is 14.6 Å². The van der Waals surface area contributed by atoms with E-state index in [0.29, 0.717) is 12.0 Å². The molecule has 0 saturated carbocycles. The highest BCUT2D eigenvalue weighted by molar-refractivity contribution is 5.35. The summed E-state index contributed by atoms with van der Waals surface area (Å²) >= 11 is 0. The largest absolute Gasteiger partial charge is 0.490 e. The number of benzene rings is 1. The van der Waals surface area contributed by atoms with Crippen molar-refractivity contribution in [1.29, 1.82) is 0 Å². The van der Waals surface area contributed by atoms with Crippen LogP contribution in [-0.2, 0) is 0 Å². The first-order valence-electron chi connectivity index (χ1n) is 5.33. The second kappa shape index (κ2) is 5.82. The lowest BCUT2D eigenvalue weighted by Crippen LogP contribution is -2.17. The Labute approximate surface area is 94.5 Å². The van der Waals surface area contributed by atoms with Gasteiger partial charge >= 0.3 is 0 Å². The van der Waals surface area contributed by atoms with E-state index in [-0.39, 0.29) is 12.4 Å². The first-order valence-corrected chi connectivity index (χ1v) is 5.33. The topological polar surface area (TPSA) is 49.7 Å². The SMILES string of the molecule is CCC(O)COc1cc(F)ccc1[C@@H](C)O. The van der Waals surface area contributed by atoms with Crippen LogP contribution in [-0.4, -0.2) is 22.9 Å². The maximum absolute atomic E-state index is 13.0. The highest BCUT2D eigenvalue weighted by Gasteiger charge is 2.11. The standard InChI is InChI=1S/C12H17FO3/c1-3-10(15)7-16-12-6-9(13)4-5-11(12)8(2)14/h4-6,8,10,14-15H,3,7H2,1-2H3/t8-,10?/m1/s1.